The molecular formula is C10H18N4O2. The van der Waals surface area contributed by atoms with Crippen molar-refractivity contribution in [2.24, 2.45) is 0 Å². The second-order valence-electron chi connectivity index (χ2n) is 3.72. The number of aryl methyl sites for hydroxylation is 1. The molecule has 1 aromatic rings. The summed E-state index contributed by atoms with van der Waals surface area (Å²) in [5.74, 6) is 0.291. The van der Waals surface area contributed by atoms with Gasteiger partial charge < -0.3 is 9.84 Å². The van der Waals surface area contributed by atoms with E-state index in [1.54, 1.807) is 13.0 Å². The maximum absolute atomic E-state index is 11.5. The highest BCUT2D eigenvalue weighted by atomic mass is 16.5. The van der Waals surface area contributed by atoms with Gasteiger partial charge in [-0.25, -0.2) is 0 Å². The average molecular weight is 226 g/mol. The third kappa shape index (κ3) is 4.41. The third-order valence-corrected chi connectivity index (χ3v) is 2.05. The van der Waals surface area contributed by atoms with Crippen LogP contribution in [0.2, 0.25) is 0 Å². The number of carbonyl (C=O) groups is 1. The molecule has 0 radical (unpaired) electrons. The lowest BCUT2D eigenvalue weighted by atomic mass is 10.4. The maximum Gasteiger partial charge on any atom is 0.240 e. The van der Waals surface area contributed by atoms with Crippen molar-refractivity contribution in [1.82, 2.24) is 15.4 Å². The fourth-order valence-electron chi connectivity index (χ4n) is 1.23. The zero-order valence-corrected chi connectivity index (χ0v) is 9.91. The zero-order valence-electron chi connectivity index (χ0n) is 9.91. The molecule has 1 rings (SSSR count). The van der Waals surface area contributed by atoms with Gasteiger partial charge in [0.2, 0.25) is 11.8 Å². The number of amides is 1. The van der Waals surface area contributed by atoms with Crippen molar-refractivity contribution in [3.05, 3.63) is 11.8 Å². The summed E-state index contributed by atoms with van der Waals surface area (Å²) in [5, 5.41) is 9.35. The number of likely N-dealkylation sites (N-methyl/N-ethyl adjacent to an activating group) is 2. The van der Waals surface area contributed by atoms with E-state index in [-0.39, 0.29) is 5.91 Å². The van der Waals surface area contributed by atoms with Gasteiger partial charge in [-0.3, -0.25) is 15.0 Å². The van der Waals surface area contributed by atoms with Gasteiger partial charge in [-0.15, -0.1) is 0 Å². The molecule has 6 heteroatoms. The van der Waals surface area contributed by atoms with E-state index in [2.05, 4.69) is 15.8 Å². The normalized spacial score (nSPS) is 10.8. The lowest BCUT2D eigenvalue weighted by molar-refractivity contribution is -0.117. The lowest BCUT2D eigenvalue weighted by Crippen LogP contribution is -2.34. The summed E-state index contributed by atoms with van der Waals surface area (Å²) in [6.07, 6.45) is 0. The molecule has 0 aliphatic carbocycles. The number of nitrogens with zero attached hydrogens (tertiary/aromatic N) is 2. The number of carbonyl (C=O) groups excluding carboxylic acids is 1. The topological polar surface area (TPSA) is 70.4 Å². The summed E-state index contributed by atoms with van der Waals surface area (Å²) in [4.78, 5) is 13.5. The molecule has 0 unspecified atom stereocenters. The SMILES string of the molecule is CNCCN(C)CC(=O)Nc1cc(C)no1. The van der Waals surface area contributed by atoms with Gasteiger partial charge in [0.05, 0.1) is 12.2 Å². The Kier molecular flexibility index (Phi) is 4.94. The first-order chi connectivity index (χ1) is 7.61. The van der Waals surface area contributed by atoms with E-state index in [9.17, 15) is 4.79 Å². The molecule has 1 heterocycles. The van der Waals surface area contributed by atoms with Gasteiger partial charge in [0.15, 0.2) is 0 Å². The highest BCUT2D eigenvalue weighted by Gasteiger charge is 2.08. The molecule has 1 amide bonds. The van der Waals surface area contributed by atoms with Crippen molar-refractivity contribution in [3.8, 4) is 0 Å². The Hall–Kier alpha value is -1.40. The van der Waals surface area contributed by atoms with E-state index in [0.29, 0.717) is 12.4 Å². The molecule has 0 aromatic carbocycles. The Labute approximate surface area is 95.0 Å². The summed E-state index contributed by atoms with van der Waals surface area (Å²) >= 11 is 0. The quantitative estimate of drug-likeness (QED) is 0.718. The number of hydrogen-bond donors (Lipinski definition) is 2. The number of anilines is 1. The number of aromatic nitrogens is 1. The van der Waals surface area contributed by atoms with E-state index in [4.69, 9.17) is 4.52 Å². The average Bonchev–Trinajstić information content (AvgIpc) is 2.60. The van der Waals surface area contributed by atoms with Crippen LogP contribution in [0.3, 0.4) is 0 Å². The Balaban J connectivity index is 2.30. The molecule has 0 fully saturated rings. The van der Waals surface area contributed by atoms with Gasteiger partial charge in [0, 0.05) is 19.2 Å². The Morgan fingerprint density at radius 2 is 2.38 bits per heavy atom. The van der Waals surface area contributed by atoms with Crippen LogP contribution in [0.25, 0.3) is 0 Å². The smallest absolute Gasteiger partial charge is 0.240 e. The zero-order chi connectivity index (χ0) is 12.0. The van der Waals surface area contributed by atoms with Crippen LogP contribution >= 0.6 is 0 Å². The molecule has 0 atom stereocenters. The standard InChI is InChI=1S/C10H18N4O2/c1-8-6-10(16-13-8)12-9(15)7-14(3)5-4-11-2/h6,11H,4-5,7H2,1-3H3,(H,12,15). The summed E-state index contributed by atoms with van der Waals surface area (Å²) < 4.78 is 4.88. The highest BCUT2D eigenvalue weighted by Crippen LogP contribution is 2.07. The Bertz CT molecular complexity index is 337. The predicted octanol–water partition coefficient (Wildman–Crippen LogP) is 0.0727. The van der Waals surface area contributed by atoms with E-state index >= 15 is 0 Å². The summed E-state index contributed by atoms with van der Waals surface area (Å²) in [5.41, 5.74) is 0.749. The van der Waals surface area contributed by atoms with Crippen LogP contribution in [-0.4, -0.2) is 49.7 Å². The summed E-state index contributed by atoms with van der Waals surface area (Å²) in [7, 11) is 3.77. The minimum atomic E-state index is -0.102. The largest absolute Gasteiger partial charge is 0.338 e. The third-order valence-electron chi connectivity index (χ3n) is 2.05. The maximum atomic E-state index is 11.5. The van der Waals surface area contributed by atoms with Gasteiger partial charge in [-0.1, -0.05) is 5.16 Å². The first kappa shape index (κ1) is 12.7. The van der Waals surface area contributed by atoms with Crippen molar-refractivity contribution in [3.63, 3.8) is 0 Å². The fourth-order valence-corrected chi connectivity index (χ4v) is 1.23. The number of nitrogens with one attached hydrogen (secondary N) is 2. The van der Waals surface area contributed by atoms with Crippen molar-refractivity contribution in [2.45, 2.75) is 6.92 Å². The number of hydrogen-bond acceptors (Lipinski definition) is 5. The van der Waals surface area contributed by atoms with Crippen molar-refractivity contribution < 1.29 is 9.32 Å². The van der Waals surface area contributed by atoms with Crippen LogP contribution in [0.15, 0.2) is 10.6 Å². The van der Waals surface area contributed by atoms with Crippen molar-refractivity contribution in [2.75, 3.05) is 39.0 Å². The second-order valence-corrected chi connectivity index (χ2v) is 3.72. The molecule has 0 spiro atoms. The highest BCUT2D eigenvalue weighted by molar-refractivity contribution is 5.90. The van der Waals surface area contributed by atoms with Crippen LogP contribution in [0, 0.1) is 6.92 Å². The van der Waals surface area contributed by atoms with Crippen LogP contribution in [0.4, 0.5) is 5.88 Å². The Morgan fingerprint density at radius 3 is 2.94 bits per heavy atom. The van der Waals surface area contributed by atoms with E-state index in [0.717, 1.165) is 18.8 Å². The predicted molar refractivity (Wildman–Crippen MR) is 61.3 cm³/mol. The van der Waals surface area contributed by atoms with Crippen molar-refractivity contribution >= 4 is 11.8 Å². The molecule has 0 bridgehead atoms. The molecule has 0 aliphatic rings. The molecule has 90 valence electrons. The fraction of sp³-hybridized carbons (Fsp3) is 0.600. The second kappa shape index (κ2) is 6.24. The van der Waals surface area contributed by atoms with E-state index < -0.39 is 0 Å². The van der Waals surface area contributed by atoms with E-state index in [1.807, 2.05) is 19.0 Å². The summed E-state index contributed by atoms with van der Waals surface area (Å²) in [6.45, 7) is 3.81. The van der Waals surface area contributed by atoms with Gasteiger partial charge in [-0.05, 0) is 21.0 Å². The van der Waals surface area contributed by atoms with Crippen LogP contribution in [-0.2, 0) is 4.79 Å². The monoisotopic (exact) mass is 226 g/mol. The molecular weight excluding hydrogens is 208 g/mol. The van der Waals surface area contributed by atoms with Crippen LogP contribution in [0.1, 0.15) is 5.69 Å². The van der Waals surface area contributed by atoms with Crippen molar-refractivity contribution in [1.29, 1.82) is 0 Å². The minimum absolute atomic E-state index is 0.102. The lowest BCUT2D eigenvalue weighted by Gasteiger charge is -2.14. The Morgan fingerprint density at radius 1 is 1.62 bits per heavy atom. The van der Waals surface area contributed by atoms with E-state index in [1.165, 1.54) is 0 Å². The van der Waals surface area contributed by atoms with Gasteiger partial charge in [0.25, 0.3) is 0 Å². The first-order valence-corrected chi connectivity index (χ1v) is 5.18. The minimum Gasteiger partial charge on any atom is -0.338 e. The molecule has 2 N–H and O–H groups in total. The summed E-state index contributed by atoms with van der Waals surface area (Å²) in [6, 6.07) is 1.69. The molecule has 16 heavy (non-hydrogen) atoms. The first-order valence-electron chi connectivity index (χ1n) is 5.18. The van der Waals surface area contributed by atoms with Crippen LogP contribution < -0.4 is 10.6 Å². The molecule has 1 aromatic heterocycles. The van der Waals surface area contributed by atoms with Gasteiger partial charge >= 0.3 is 0 Å². The van der Waals surface area contributed by atoms with Gasteiger partial charge in [-0.2, -0.15) is 0 Å². The molecule has 0 aliphatic heterocycles. The molecule has 0 saturated carbocycles. The molecule has 6 nitrogen and oxygen atoms in total. The van der Waals surface area contributed by atoms with Crippen LogP contribution in [0.5, 0.6) is 0 Å². The molecule has 0 saturated heterocycles. The number of rotatable bonds is 6. The van der Waals surface area contributed by atoms with Gasteiger partial charge in [0.1, 0.15) is 0 Å².